The predicted molar refractivity (Wildman–Crippen MR) is 100 cm³/mol. The van der Waals surface area contributed by atoms with E-state index in [1.807, 2.05) is 0 Å². The average Bonchev–Trinajstić information content (AvgIpc) is 2.68. The van der Waals surface area contributed by atoms with Gasteiger partial charge in [-0.1, -0.05) is 12.6 Å². The molecule has 0 saturated carbocycles. The first kappa shape index (κ1) is 20.9. The summed E-state index contributed by atoms with van der Waals surface area (Å²) in [6.07, 6.45) is -7.42. The largest absolute Gasteiger partial charge is 0.508 e. The van der Waals surface area contributed by atoms with Crippen LogP contribution in [-0.2, 0) is 4.74 Å². The number of rotatable bonds is 5. The lowest BCUT2D eigenvalue weighted by molar-refractivity contribution is -0.277. The molecule has 0 aromatic heterocycles. The van der Waals surface area contributed by atoms with Gasteiger partial charge in [-0.3, -0.25) is 0 Å². The van der Waals surface area contributed by atoms with Crippen LogP contribution in [0.1, 0.15) is 11.1 Å². The van der Waals surface area contributed by atoms with Crippen molar-refractivity contribution < 1.29 is 45.2 Å². The molecule has 9 nitrogen and oxygen atoms in total. The Morgan fingerprint density at radius 3 is 2.17 bits per heavy atom. The Kier molecular flexibility index (Phi) is 5.96. The topological polar surface area (TPSA) is 160 Å². The van der Waals surface area contributed by atoms with Crippen molar-refractivity contribution in [3.8, 4) is 23.0 Å². The molecule has 7 N–H and O–H groups in total. The molecule has 0 unspecified atom stereocenters. The average molecular weight is 406 g/mol. The second kappa shape index (κ2) is 8.27. The molecule has 5 atom stereocenters. The number of aliphatic hydroxyl groups excluding tert-OH is 4. The van der Waals surface area contributed by atoms with Crippen LogP contribution >= 0.6 is 0 Å². The molecule has 2 aromatic carbocycles. The molecule has 0 amide bonds. The fraction of sp³-hybridized carbons (Fsp3) is 0.300. The summed E-state index contributed by atoms with van der Waals surface area (Å²) in [5.41, 5.74) is 1.29. The number of benzene rings is 2. The van der Waals surface area contributed by atoms with E-state index in [2.05, 4.69) is 6.58 Å². The molecular weight excluding hydrogens is 384 g/mol. The van der Waals surface area contributed by atoms with Gasteiger partial charge >= 0.3 is 0 Å². The molecule has 29 heavy (non-hydrogen) atoms. The lowest BCUT2D eigenvalue weighted by Crippen LogP contribution is -2.60. The van der Waals surface area contributed by atoms with Gasteiger partial charge in [0.25, 0.3) is 0 Å². The highest BCUT2D eigenvalue weighted by molar-refractivity contribution is 5.80. The Labute approximate surface area is 165 Å². The van der Waals surface area contributed by atoms with E-state index < -0.39 is 37.3 Å². The zero-order valence-corrected chi connectivity index (χ0v) is 15.2. The van der Waals surface area contributed by atoms with E-state index in [0.717, 1.165) is 0 Å². The number of aliphatic hydroxyl groups is 4. The quantitative estimate of drug-likeness (QED) is 0.364. The summed E-state index contributed by atoms with van der Waals surface area (Å²) in [6.45, 7) is 3.29. The Morgan fingerprint density at radius 1 is 0.897 bits per heavy atom. The highest BCUT2D eigenvalue weighted by Gasteiger charge is 2.44. The van der Waals surface area contributed by atoms with Crippen LogP contribution in [0.2, 0.25) is 0 Å². The maximum absolute atomic E-state index is 10.1. The maximum atomic E-state index is 10.1. The minimum Gasteiger partial charge on any atom is -0.508 e. The molecule has 1 fully saturated rings. The van der Waals surface area contributed by atoms with Gasteiger partial charge in [0, 0.05) is 6.07 Å². The third-order valence-corrected chi connectivity index (χ3v) is 4.65. The van der Waals surface area contributed by atoms with Crippen molar-refractivity contribution in [2.75, 3.05) is 6.61 Å². The van der Waals surface area contributed by atoms with Gasteiger partial charge in [0.05, 0.1) is 6.61 Å². The summed E-state index contributed by atoms with van der Waals surface area (Å²) in [6, 6.07) is 8.18. The molecule has 0 spiro atoms. The molecule has 1 saturated heterocycles. The summed E-state index contributed by atoms with van der Waals surface area (Å²) in [5.74, 6) is -0.718. The SMILES string of the molecule is C=C(c1cc(O)cc(O)c1)c1ccc(O)c(O[C@@H]2O[C@H](CO)[C@@H](O)[C@H](O)[C@H]2O)c1. The zero-order chi connectivity index (χ0) is 21.3. The predicted octanol–water partition coefficient (Wildman–Crippen LogP) is 0.0436. The van der Waals surface area contributed by atoms with Gasteiger partial charge in [0.1, 0.15) is 35.9 Å². The molecule has 1 heterocycles. The second-order valence-electron chi connectivity index (χ2n) is 6.71. The minimum absolute atomic E-state index is 0.114. The monoisotopic (exact) mass is 406 g/mol. The van der Waals surface area contributed by atoms with Gasteiger partial charge < -0.3 is 45.2 Å². The Hall–Kier alpha value is -2.82. The molecule has 0 bridgehead atoms. The molecule has 9 heteroatoms. The maximum Gasteiger partial charge on any atom is 0.229 e. The normalized spacial score (nSPS) is 26.8. The van der Waals surface area contributed by atoms with E-state index >= 15 is 0 Å². The first-order valence-electron chi connectivity index (χ1n) is 8.74. The van der Waals surface area contributed by atoms with Crippen LogP contribution in [0.15, 0.2) is 43.0 Å². The summed E-state index contributed by atoms with van der Waals surface area (Å²) in [4.78, 5) is 0. The molecule has 3 rings (SSSR count). The van der Waals surface area contributed by atoms with E-state index in [1.54, 1.807) is 0 Å². The van der Waals surface area contributed by atoms with Gasteiger partial charge in [-0.2, -0.15) is 0 Å². The van der Waals surface area contributed by atoms with Crippen molar-refractivity contribution in [1.29, 1.82) is 0 Å². The second-order valence-corrected chi connectivity index (χ2v) is 6.71. The van der Waals surface area contributed by atoms with Crippen LogP contribution in [0.4, 0.5) is 0 Å². The van der Waals surface area contributed by atoms with Gasteiger partial charge in [0.2, 0.25) is 6.29 Å². The third-order valence-electron chi connectivity index (χ3n) is 4.65. The van der Waals surface area contributed by atoms with Crippen molar-refractivity contribution in [3.05, 3.63) is 54.1 Å². The van der Waals surface area contributed by atoms with E-state index in [1.165, 1.54) is 36.4 Å². The van der Waals surface area contributed by atoms with Gasteiger partial charge in [0.15, 0.2) is 11.5 Å². The van der Waals surface area contributed by atoms with Crippen molar-refractivity contribution in [3.63, 3.8) is 0 Å². The third kappa shape index (κ3) is 4.29. The van der Waals surface area contributed by atoms with E-state index in [9.17, 15) is 35.7 Å². The van der Waals surface area contributed by atoms with Gasteiger partial charge in [-0.25, -0.2) is 0 Å². The van der Waals surface area contributed by atoms with Gasteiger partial charge in [-0.15, -0.1) is 0 Å². The molecular formula is C20H22O9. The standard InChI is InChI=1S/C20H22O9/c1-9(11-4-12(22)7-13(23)5-11)10-2-3-14(24)15(6-10)28-20-19(27)18(26)17(25)16(8-21)29-20/h2-7,16-27H,1,8H2/t16-,17-,18+,19-,20-/m1/s1. The van der Waals surface area contributed by atoms with Crippen LogP contribution in [0.25, 0.3) is 5.57 Å². The number of hydrogen-bond donors (Lipinski definition) is 7. The Balaban J connectivity index is 1.86. The number of aromatic hydroxyl groups is 3. The molecule has 0 radical (unpaired) electrons. The molecule has 156 valence electrons. The summed E-state index contributed by atoms with van der Waals surface area (Å²) < 4.78 is 10.8. The molecule has 0 aliphatic carbocycles. The van der Waals surface area contributed by atoms with Crippen LogP contribution in [0, 0.1) is 0 Å². The molecule has 1 aliphatic heterocycles. The molecule has 2 aromatic rings. The van der Waals surface area contributed by atoms with Crippen molar-refractivity contribution in [2.24, 2.45) is 0 Å². The van der Waals surface area contributed by atoms with Crippen LogP contribution in [-0.4, -0.2) is 73.1 Å². The lowest BCUT2D eigenvalue weighted by Gasteiger charge is -2.39. The summed E-state index contributed by atoms with van der Waals surface area (Å²) in [7, 11) is 0. The summed E-state index contributed by atoms with van der Waals surface area (Å²) >= 11 is 0. The van der Waals surface area contributed by atoms with Crippen molar-refractivity contribution >= 4 is 5.57 Å². The van der Waals surface area contributed by atoms with E-state index in [-0.39, 0.29) is 23.0 Å². The Morgan fingerprint density at radius 2 is 1.55 bits per heavy atom. The lowest BCUT2D eigenvalue weighted by atomic mass is 9.98. The fourth-order valence-electron chi connectivity index (χ4n) is 3.02. The van der Waals surface area contributed by atoms with Gasteiger partial charge in [-0.05, 0) is 41.0 Å². The summed E-state index contributed by atoms with van der Waals surface area (Å²) in [5, 5.41) is 68.5. The van der Waals surface area contributed by atoms with Crippen LogP contribution in [0.3, 0.4) is 0 Å². The van der Waals surface area contributed by atoms with Crippen molar-refractivity contribution in [2.45, 2.75) is 30.7 Å². The van der Waals surface area contributed by atoms with E-state index in [4.69, 9.17) is 9.47 Å². The van der Waals surface area contributed by atoms with Crippen LogP contribution in [0.5, 0.6) is 23.0 Å². The number of ether oxygens (including phenoxy) is 2. The van der Waals surface area contributed by atoms with Crippen LogP contribution < -0.4 is 4.74 Å². The minimum atomic E-state index is -1.64. The fourth-order valence-corrected chi connectivity index (χ4v) is 3.02. The number of hydrogen-bond acceptors (Lipinski definition) is 9. The highest BCUT2D eigenvalue weighted by atomic mass is 16.7. The van der Waals surface area contributed by atoms with Crippen molar-refractivity contribution in [1.82, 2.24) is 0 Å². The first-order valence-corrected chi connectivity index (χ1v) is 8.74. The van der Waals surface area contributed by atoms with E-state index in [0.29, 0.717) is 16.7 Å². The zero-order valence-electron chi connectivity index (χ0n) is 15.2. The molecule has 1 aliphatic rings. The number of phenols is 3. The Bertz CT molecular complexity index is 875. The smallest absolute Gasteiger partial charge is 0.229 e. The highest BCUT2D eigenvalue weighted by Crippen LogP contribution is 2.35. The number of phenolic OH excluding ortho intramolecular Hbond substituents is 3. The first-order chi connectivity index (χ1) is 13.7.